The van der Waals surface area contributed by atoms with Crippen LogP contribution in [0.15, 0.2) is 24.3 Å². The van der Waals surface area contributed by atoms with E-state index in [0.717, 1.165) is 12.1 Å². The summed E-state index contributed by atoms with van der Waals surface area (Å²) in [7, 11) is 4.84. The van der Waals surface area contributed by atoms with Gasteiger partial charge in [-0.25, -0.2) is 0 Å². The van der Waals surface area contributed by atoms with Gasteiger partial charge in [-0.3, -0.25) is 14.5 Å². The second-order valence-electron chi connectivity index (χ2n) is 5.08. The van der Waals surface area contributed by atoms with Gasteiger partial charge in [0.1, 0.15) is 5.75 Å². The third-order valence-corrected chi connectivity index (χ3v) is 2.69. The van der Waals surface area contributed by atoms with Gasteiger partial charge >= 0.3 is 6.36 Å². The van der Waals surface area contributed by atoms with Crippen LogP contribution in [-0.4, -0.2) is 62.2 Å². The van der Waals surface area contributed by atoms with Gasteiger partial charge in [0.15, 0.2) is 0 Å². The quantitative estimate of drug-likeness (QED) is 0.858. The summed E-state index contributed by atoms with van der Waals surface area (Å²) in [5.41, 5.74) is 0.330. The highest BCUT2D eigenvalue weighted by molar-refractivity contribution is 5.92. The topological polar surface area (TPSA) is 61.9 Å². The first-order chi connectivity index (χ1) is 10.6. The normalized spacial score (nSPS) is 11.3. The van der Waals surface area contributed by atoms with Crippen molar-refractivity contribution in [3.8, 4) is 5.75 Å². The maximum Gasteiger partial charge on any atom is 0.573 e. The molecule has 0 unspecified atom stereocenters. The number of benzene rings is 1. The molecule has 0 aromatic heterocycles. The Kier molecular flexibility index (Phi) is 6.38. The van der Waals surface area contributed by atoms with Crippen molar-refractivity contribution < 1.29 is 27.5 Å². The highest BCUT2D eigenvalue weighted by Crippen LogP contribution is 2.23. The molecule has 0 atom stereocenters. The van der Waals surface area contributed by atoms with Crippen molar-refractivity contribution in [3.05, 3.63) is 24.3 Å². The Bertz CT molecular complexity index is 544. The Morgan fingerprint density at radius 3 is 2.13 bits per heavy atom. The molecule has 1 rings (SSSR count). The lowest BCUT2D eigenvalue weighted by Crippen LogP contribution is -2.38. The lowest BCUT2D eigenvalue weighted by molar-refractivity contribution is -0.274. The average molecular weight is 333 g/mol. The molecule has 0 aliphatic carbocycles. The molecule has 0 aliphatic rings. The molecule has 0 saturated carbocycles. The number of anilines is 1. The highest BCUT2D eigenvalue weighted by atomic mass is 19.4. The van der Waals surface area contributed by atoms with E-state index in [-0.39, 0.29) is 30.7 Å². The second kappa shape index (κ2) is 7.82. The van der Waals surface area contributed by atoms with E-state index in [4.69, 9.17) is 0 Å². The summed E-state index contributed by atoms with van der Waals surface area (Å²) >= 11 is 0. The van der Waals surface area contributed by atoms with Crippen LogP contribution in [0, 0.1) is 0 Å². The predicted octanol–water partition coefficient (Wildman–Crippen LogP) is 1.54. The van der Waals surface area contributed by atoms with E-state index < -0.39 is 6.36 Å². The number of hydrogen-bond donors (Lipinski definition) is 1. The monoisotopic (exact) mass is 333 g/mol. The Hall–Kier alpha value is -2.29. The van der Waals surface area contributed by atoms with E-state index in [2.05, 4.69) is 10.1 Å². The van der Waals surface area contributed by atoms with Gasteiger partial charge in [-0.15, -0.1) is 13.2 Å². The smallest absolute Gasteiger partial charge is 0.406 e. The zero-order valence-corrected chi connectivity index (χ0v) is 13.0. The van der Waals surface area contributed by atoms with E-state index in [0.29, 0.717) is 5.69 Å². The van der Waals surface area contributed by atoms with Crippen LogP contribution < -0.4 is 10.1 Å². The van der Waals surface area contributed by atoms with Crippen LogP contribution in [0.4, 0.5) is 18.9 Å². The molecule has 0 bridgehead atoms. The zero-order chi connectivity index (χ0) is 17.6. The number of nitrogens with one attached hydrogen (secondary N) is 1. The number of likely N-dealkylation sites (N-methyl/N-ethyl adjacent to an activating group) is 2. The number of amides is 2. The van der Waals surface area contributed by atoms with Crippen molar-refractivity contribution in [2.75, 3.05) is 39.5 Å². The third kappa shape index (κ3) is 7.50. The van der Waals surface area contributed by atoms with Crippen LogP contribution in [-0.2, 0) is 9.59 Å². The molecule has 0 saturated heterocycles. The molecule has 0 heterocycles. The SMILES string of the molecule is CN(CC(=O)Nc1ccc(OC(F)(F)F)cc1)CC(=O)N(C)C. The molecule has 9 heteroatoms. The number of carbonyl (C=O) groups is 2. The van der Waals surface area contributed by atoms with E-state index in [1.165, 1.54) is 21.9 Å². The summed E-state index contributed by atoms with van der Waals surface area (Å²) in [5, 5.41) is 2.52. The Labute approximate surface area is 131 Å². The number of halogens is 3. The fraction of sp³-hybridized carbons (Fsp3) is 0.429. The number of ether oxygens (including phenoxy) is 1. The van der Waals surface area contributed by atoms with E-state index in [9.17, 15) is 22.8 Å². The first kappa shape index (κ1) is 18.8. The Balaban J connectivity index is 2.49. The molecule has 2 amide bonds. The number of carbonyl (C=O) groups excluding carboxylic acids is 2. The molecule has 128 valence electrons. The maximum absolute atomic E-state index is 12.0. The minimum Gasteiger partial charge on any atom is -0.406 e. The highest BCUT2D eigenvalue weighted by Gasteiger charge is 2.30. The van der Waals surface area contributed by atoms with Crippen molar-refractivity contribution in [1.82, 2.24) is 9.80 Å². The fourth-order valence-corrected chi connectivity index (χ4v) is 1.61. The minimum absolute atomic E-state index is 0.0274. The molecule has 0 spiro atoms. The molecule has 0 aliphatic heterocycles. The van der Waals surface area contributed by atoms with Crippen molar-refractivity contribution in [3.63, 3.8) is 0 Å². The lowest BCUT2D eigenvalue weighted by atomic mass is 10.3. The van der Waals surface area contributed by atoms with Crippen LogP contribution in [0.5, 0.6) is 5.75 Å². The van der Waals surface area contributed by atoms with Crippen molar-refractivity contribution >= 4 is 17.5 Å². The van der Waals surface area contributed by atoms with Crippen LogP contribution >= 0.6 is 0 Å². The van der Waals surface area contributed by atoms with Crippen LogP contribution in [0.3, 0.4) is 0 Å². The van der Waals surface area contributed by atoms with Gasteiger partial charge in [0.2, 0.25) is 11.8 Å². The molecule has 0 radical (unpaired) electrons. The van der Waals surface area contributed by atoms with Crippen molar-refractivity contribution in [1.29, 1.82) is 0 Å². The maximum atomic E-state index is 12.0. The van der Waals surface area contributed by atoms with Gasteiger partial charge in [-0.05, 0) is 31.3 Å². The largest absolute Gasteiger partial charge is 0.573 e. The zero-order valence-electron chi connectivity index (χ0n) is 13.0. The number of nitrogens with zero attached hydrogens (tertiary/aromatic N) is 2. The first-order valence-electron chi connectivity index (χ1n) is 6.61. The van der Waals surface area contributed by atoms with Gasteiger partial charge in [-0.2, -0.15) is 0 Å². The van der Waals surface area contributed by atoms with Gasteiger partial charge in [0, 0.05) is 19.8 Å². The van der Waals surface area contributed by atoms with Gasteiger partial charge in [0.05, 0.1) is 13.1 Å². The second-order valence-corrected chi connectivity index (χ2v) is 5.08. The standard InChI is InChI=1S/C14H18F3N3O3/c1-19(2)13(22)9-20(3)8-12(21)18-10-4-6-11(7-5-10)23-14(15,16)17/h4-7H,8-9H2,1-3H3,(H,18,21). The van der Waals surface area contributed by atoms with Crippen LogP contribution in [0.2, 0.25) is 0 Å². The van der Waals surface area contributed by atoms with Gasteiger partial charge < -0.3 is 15.0 Å². The number of rotatable bonds is 6. The summed E-state index contributed by atoms with van der Waals surface area (Å²) in [6.07, 6.45) is -4.76. The average Bonchev–Trinajstić information content (AvgIpc) is 2.38. The van der Waals surface area contributed by atoms with Crippen molar-refractivity contribution in [2.24, 2.45) is 0 Å². The number of alkyl halides is 3. The summed E-state index contributed by atoms with van der Waals surface area (Å²) in [4.78, 5) is 26.2. The fourth-order valence-electron chi connectivity index (χ4n) is 1.61. The summed E-state index contributed by atoms with van der Waals surface area (Å²) < 4.78 is 39.8. The van der Waals surface area contributed by atoms with Gasteiger partial charge in [-0.1, -0.05) is 0 Å². The Morgan fingerprint density at radius 1 is 1.09 bits per heavy atom. The van der Waals surface area contributed by atoms with Crippen LogP contribution in [0.1, 0.15) is 0 Å². The van der Waals surface area contributed by atoms with E-state index in [1.54, 1.807) is 21.1 Å². The van der Waals surface area contributed by atoms with Gasteiger partial charge in [0.25, 0.3) is 0 Å². The summed E-state index contributed by atoms with van der Waals surface area (Å²) in [6.45, 7) is 0.0547. The molecule has 1 aromatic rings. The molecule has 1 aromatic carbocycles. The molecule has 23 heavy (non-hydrogen) atoms. The Morgan fingerprint density at radius 2 is 1.65 bits per heavy atom. The molecular formula is C14H18F3N3O3. The molecule has 1 N–H and O–H groups in total. The van der Waals surface area contributed by atoms with E-state index >= 15 is 0 Å². The minimum atomic E-state index is -4.76. The third-order valence-electron chi connectivity index (χ3n) is 2.69. The molecular weight excluding hydrogens is 315 g/mol. The van der Waals surface area contributed by atoms with Crippen molar-refractivity contribution in [2.45, 2.75) is 6.36 Å². The first-order valence-corrected chi connectivity index (χ1v) is 6.61. The van der Waals surface area contributed by atoms with E-state index in [1.807, 2.05) is 0 Å². The summed E-state index contributed by atoms with van der Waals surface area (Å²) in [6, 6.07) is 4.79. The lowest BCUT2D eigenvalue weighted by Gasteiger charge is -2.18. The summed E-state index contributed by atoms with van der Waals surface area (Å²) in [5.74, 6) is -0.901. The molecule has 6 nitrogen and oxygen atoms in total. The predicted molar refractivity (Wildman–Crippen MR) is 77.9 cm³/mol. The molecule has 0 fully saturated rings. The van der Waals surface area contributed by atoms with Crippen LogP contribution in [0.25, 0.3) is 0 Å². The number of hydrogen-bond acceptors (Lipinski definition) is 4.